The first-order chi connectivity index (χ1) is 8.60. The number of aromatic carboxylic acids is 1. The number of methoxy groups -OCH3 is 2. The van der Waals surface area contributed by atoms with Gasteiger partial charge in [0.05, 0.1) is 23.4 Å². The van der Waals surface area contributed by atoms with Crippen LogP contribution >= 0.6 is 22.6 Å². The molecule has 4 nitrogen and oxygen atoms in total. The van der Waals surface area contributed by atoms with Gasteiger partial charge in [-0.25, -0.2) is 4.79 Å². The van der Waals surface area contributed by atoms with E-state index in [4.69, 9.17) is 9.47 Å². The second-order valence-corrected chi connectivity index (χ2v) is 4.70. The molecule has 0 radical (unpaired) electrons. The minimum absolute atomic E-state index is 0.256. The highest BCUT2D eigenvalue weighted by atomic mass is 127. The summed E-state index contributed by atoms with van der Waals surface area (Å²) in [4.78, 5) is 11.2. The molecule has 18 heavy (non-hydrogen) atoms. The van der Waals surface area contributed by atoms with Crippen molar-refractivity contribution >= 4 is 39.3 Å². The standard InChI is InChI=1S/C13H11IO4/c1-17-9-5-4-8(13(15)16)7-3-6-10(18-2)12(14)11(7)9/h3-6H,1-2H3,(H,15,16). The largest absolute Gasteiger partial charge is 0.496 e. The lowest BCUT2D eigenvalue weighted by atomic mass is 10.0. The molecule has 5 heteroatoms. The predicted octanol–water partition coefficient (Wildman–Crippen LogP) is 3.16. The fourth-order valence-electron chi connectivity index (χ4n) is 1.87. The summed E-state index contributed by atoms with van der Waals surface area (Å²) >= 11 is 2.13. The molecule has 0 aliphatic heterocycles. The van der Waals surface area contributed by atoms with E-state index in [0.717, 1.165) is 8.96 Å². The molecule has 94 valence electrons. The number of carboxylic acids is 1. The Bertz CT molecular complexity index is 622. The van der Waals surface area contributed by atoms with E-state index < -0.39 is 5.97 Å². The number of carboxylic acid groups (broad SMARTS) is 1. The quantitative estimate of drug-likeness (QED) is 0.857. The zero-order chi connectivity index (χ0) is 13.3. The summed E-state index contributed by atoms with van der Waals surface area (Å²) in [6, 6.07) is 6.71. The molecule has 0 spiro atoms. The number of rotatable bonds is 3. The molecule has 0 aliphatic carbocycles. The number of ether oxygens (including phenoxy) is 2. The summed E-state index contributed by atoms with van der Waals surface area (Å²) in [5.41, 5.74) is 0.256. The van der Waals surface area contributed by atoms with Crippen LogP contribution in [0.1, 0.15) is 10.4 Å². The van der Waals surface area contributed by atoms with Gasteiger partial charge in [0.1, 0.15) is 11.5 Å². The Kier molecular flexibility index (Phi) is 3.60. The molecule has 2 rings (SSSR count). The van der Waals surface area contributed by atoms with Crippen LogP contribution in [0.4, 0.5) is 0 Å². The molecule has 0 heterocycles. The predicted molar refractivity (Wildman–Crippen MR) is 76.7 cm³/mol. The first kappa shape index (κ1) is 12.9. The lowest BCUT2D eigenvalue weighted by Crippen LogP contribution is -2.00. The Morgan fingerprint density at radius 1 is 1.11 bits per heavy atom. The maximum Gasteiger partial charge on any atom is 0.336 e. The van der Waals surface area contributed by atoms with E-state index in [9.17, 15) is 9.90 Å². The molecular weight excluding hydrogens is 347 g/mol. The van der Waals surface area contributed by atoms with Gasteiger partial charge in [0.15, 0.2) is 0 Å². The number of benzene rings is 2. The van der Waals surface area contributed by atoms with E-state index in [2.05, 4.69) is 22.6 Å². The Hall–Kier alpha value is -1.50. The number of fused-ring (bicyclic) bond motifs is 1. The van der Waals surface area contributed by atoms with Crippen LogP contribution < -0.4 is 9.47 Å². The molecule has 2 aromatic carbocycles. The van der Waals surface area contributed by atoms with E-state index in [1.807, 2.05) is 0 Å². The van der Waals surface area contributed by atoms with Gasteiger partial charge in [-0.3, -0.25) is 0 Å². The summed E-state index contributed by atoms with van der Waals surface area (Å²) in [6.45, 7) is 0. The lowest BCUT2D eigenvalue weighted by Gasteiger charge is -2.12. The Labute approximate surface area is 118 Å². The first-order valence-electron chi connectivity index (χ1n) is 5.16. The minimum Gasteiger partial charge on any atom is -0.496 e. The van der Waals surface area contributed by atoms with Gasteiger partial charge in [0.25, 0.3) is 0 Å². The van der Waals surface area contributed by atoms with E-state index in [1.165, 1.54) is 0 Å². The third-order valence-electron chi connectivity index (χ3n) is 2.71. The monoisotopic (exact) mass is 358 g/mol. The molecule has 0 aliphatic rings. The van der Waals surface area contributed by atoms with Gasteiger partial charge in [-0.1, -0.05) is 0 Å². The number of hydrogen-bond donors (Lipinski definition) is 1. The highest BCUT2D eigenvalue weighted by Crippen LogP contribution is 2.37. The minimum atomic E-state index is -0.955. The van der Waals surface area contributed by atoms with Gasteiger partial charge in [-0.15, -0.1) is 0 Å². The van der Waals surface area contributed by atoms with Crippen LogP contribution in [0, 0.1) is 3.57 Å². The molecule has 0 bridgehead atoms. The van der Waals surface area contributed by atoms with Gasteiger partial charge >= 0.3 is 5.97 Å². The van der Waals surface area contributed by atoms with Gasteiger partial charge in [-0.2, -0.15) is 0 Å². The van der Waals surface area contributed by atoms with Gasteiger partial charge < -0.3 is 14.6 Å². The summed E-state index contributed by atoms with van der Waals surface area (Å²) < 4.78 is 11.4. The van der Waals surface area contributed by atoms with Crippen LogP contribution in [-0.2, 0) is 0 Å². The number of halogens is 1. The normalized spacial score (nSPS) is 10.4. The summed E-state index contributed by atoms with van der Waals surface area (Å²) in [7, 11) is 3.14. The molecule has 0 amide bonds. The Morgan fingerprint density at radius 2 is 1.72 bits per heavy atom. The molecule has 0 saturated heterocycles. The van der Waals surface area contributed by atoms with Gasteiger partial charge in [0.2, 0.25) is 0 Å². The van der Waals surface area contributed by atoms with Crippen molar-refractivity contribution in [1.29, 1.82) is 0 Å². The Morgan fingerprint density at radius 3 is 2.28 bits per heavy atom. The third kappa shape index (κ3) is 1.98. The topological polar surface area (TPSA) is 55.8 Å². The molecule has 1 N–H and O–H groups in total. The van der Waals surface area contributed by atoms with E-state index in [-0.39, 0.29) is 5.56 Å². The highest BCUT2D eigenvalue weighted by Gasteiger charge is 2.16. The van der Waals surface area contributed by atoms with Crippen LogP contribution in [0.3, 0.4) is 0 Å². The SMILES string of the molecule is COc1ccc2c(C(=O)O)ccc(OC)c2c1I. The van der Waals surface area contributed by atoms with Crippen LogP contribution in [0.15, 0.2) is 24.3 Å². The van der Waals surface area contributed by atoms with Crippen molar-refractivity contribution in [3.05, 3.63) is 33.4 Å². The fraction of sp³-hybridized carbons (Fsp3) is 0.154. The highest BCUT2D eigenvalue weighted by molar-refractivity contribution is 14.1. The van der Waals surface area contributed by atoms with Crippen LogP contribution in [-0.4, -0.2) is 25.3 Å². The average Bonchev–Trinajstić information content (AvgIpc) is 2.37. The maximum absolute atomic E-state index is 11.2. The van der Waals surface area contributed by atoms with Crippen molar-refractivity contribution in [2.75, 3.05) is 14.2 Å². The molecule has 0 unspecified atom stereocenters. The lowest BCUT2D eigenvalue weighted by molar-refractivity contribution is 0.0699. The van der Waals surface area contributed by atoms with Crippen molar-refractivity contribution in [3.63, 3.8) is 0 Å². The van der Waals surface area contributed by atoms with Crippen LogP contribution in [0.2, 0.25) is 0 Å². The second kappa shape index (κ2) is 5.01. The molecule has 0 fully saturated rings. The van der Waals surface area contributed by atoms with Crippen molar-refractivity contribution in [2.45, 2.75) is 0 Å². The Balaban J connectivity index is 2.91. The first-order valence-corrected chi connectivity index (χ1v) is 6.24. The second-order valence-electron chi connectivity index (χ2n) is 3.62. The number of carbonyl (C=O) groups is 1. The zero-order valence-corrected chi connectivity index (χ0v) is 12.0. The molecular formula is C13H11IO4. The van der Waals surface area contributed by atoms with E-state index in [1.54, 1.807) is 38.5 Å². The molecule has 2 aromatic rings. The van der Waals surface area contributed by atoms with Crippen molar-refractivity contribution in [2.24, 2.45) is 0 Å². The molecule has 0 aromatic heterocycles. The van der Waals surface area contributed by atoms with Crippen molar-refractivity contribution < 1.29 is 19.4 Å². The van der Waals surface area contributed by atoms with Crippen LogP contribution in [0.25, 0.3) is 10.8 Å². The van der Waals surface area contributed by atoms with Gasteiger partial charge in [-0.05, 0) is 46.9 Å². The smallest absolute Gasteiger partial charge is 0.336 e. The average molecular weight is 358 g/mol. The number of hydrogen-bond acceptors (Lipinski definition) is 3. The van der Waals surface area contributed by atoms with Crippen LogP contribution in [0.5, 0.6) is 11.5 Å². The van der Waals surface area contributed by atoms with Gasteiger partial charge in [0, 0.05) is 10.8 Å². The van der Waals surface area contributed by atoms with E-state index in [0.29, 0.717) is 16.9 Å². The third-order valence-corrected chi connectivity index (χ3v) is 3.79. The fourth-order valence-corrected chi connectivity index (χ4v) is 2.83. The zero-order valence-electron chi connectivity index (χ0n) is 9.86. The summed E-state index contributed by atoms with van der Waals surface area (Å²) in [5, 5.41) is 10.6. The van der Waals surface area contributed by atoms with Crippen molar-refractivity contribution in [1.82, 2.24) is 0 Å². The van der Waals surface area contributed by atoms with Crippen molar-refractivity contribution in [3.8, 4) is 11.5 Å². The molecule has 0 atom stereocenters. The van der Waals surface area contributed by atoms with E-state index >= 15 is 0 Å². The summed E-state index contributed by atoms with van der Waals surface area (Å²) in [5.74, 6) is 0.380. The maximum atomic E-state index is 11.2. The molecule has 0 saturated carbocycles. The summed E-state index contributed by atoms with van der Waals surface area (Å²) in [6.07, 6.45) is 0.